The Morgan fingerprint density at radius 1 is 1.39 bits per heavy atom. The molecule has 7 heteroatoms. The molecule has 0 bridgehead atoms. The first-order valence-electron chi connectivity index (χ1n) is 7.28. The third-order valence-corrected chi connectivity index (χ3v) is 3.24. The molecule has 0 fully saturated rings. The molecule has 128 valence electrons. The average molecular weight is 325 g/mol. The van der Waals surface area contributed by atoms with E-state index in [1.54, 1.807) is 30.3 Å². The van der Waals surface area contributed by atoms with Gasteiger partial charge in [0.05, 0.1) is 12.7 Å². The van der Waals surface area contributed by atoms with E-state index in [1.807, 2.05) is 0 Å². The van der Waals surface area contributed by atoms with E-state index in [9.17, 15) is 9.90 Å². The highest BCUT2D eigenvalue weighted by atomic mass is 16.5. The van der Waals surface area contributed by atoms with Crippen LogP contribution in [0.3, 0.4) is 0 Å². The normalized spacial score (nSPS) is 13.7. The molecule has 0 spiro atoms. The summed E-state index contributed by atoms with van der Waals surface area (Å²) in [5.41, 5.74) is 2.07. The van der Waals surface area contributed by atoms with E-state index in [4.69, 9.17) is 19.8 Å². The van der Waals surface area contributed by atoms with E-state index in [-0.39, 0.29) is 13.2 Å². The van der Waals surface area contributed by atoms with Gasteiger partial charge in [0, 0.05) is 18.7 Å². The summed E-state index contributed by atoms with van der Waals surface area (Å²) in [6.45, 7) is 0.0241. The zero-order valence-electron chi connectivity index (χ0n) is 13.0. The molecular formula is C16H23NO6. The minimum absolute atomic E-state index is 0.115. The third-order valence-electron chi connectivity index (χ3n) is 3.24. The van der Waals surface area contributed by atoms with E-state index < -0.39 is 18.1 Å². The zero-order chi connectivity index (χ0) is 17.1. The maximum Gasteiger partial charge on any atom is 0.267 e. The number of carbonyl (C=O) groups excluding carboxylic acids is 1. The summed E-state index contributed by atoms with van der Waals surface area (Å²) in [5, 5.41) is 27.7. The van der Waals surface area contributed by atoms with Gasteiger partial charge < -0.3 is 19.7 Å². The van der Waals surface area contributed by atoms with Crippen molar-refractivity contribution < 1.29 is 29.7 Å². The molecule has 0 saturated carbocycles. The molecule has 0 radical (unpaired) electrons. The number of hydrogen-bond donors (Lipinski definition) is 4. The number of para-hydroxylation sites is 1. The first-order chi connectivity index (χ1) is 11.1. The van der Waals surface area contributed by atoms with Gasteiger partial charge in [-0.05, 0) is 18.9 Å². The maximum atomic E-state index is 10.9. The Morgan fingerprint density at radius 3 is 2.78 bits per heavy atom. The molecule has 23 heavy (non-hydrogen) atoms. The number of aliphatic hydroxyl groups excluding tert-OH is 2. The van der Waals surface area contributed by atoms with Gasteiger partial charge in [-0.2, -0.15) is 0 Å². The van der Waals surface area contributed by atoms with Crippen molar-refractivity contribution in [2.24, 2.45) is 0 Å². The van der Waals surface area contributed by atoms with Gasteiger partial charge in [0.1, 0.15) is 18.5 Å². The monoisotopic (exact) mass is 325 g/mol. The topological polar surface area (TPSA) is 108 Å². The number of rotatable bonds is 10. The van der Waals surface area contributed by atoms with Crippen molar-refractivity contribution in [2.75, 3.05) is 20.3 Å². The van der Waals surface area contributed by atoms with Crippen molar-refractivity contribution in [3.8, 4) is 5.75 Å². The van der Waals surface area contributed by atoms with Crippen molar-refractivity contribution in [2.45, 2.75) is 25.0 Å². The molecule has 0 aliphatic heterocycles. The number of methoxy groups -OCH3 is 1. The molecule has 0 saturated heterocycles. The number of aliphatic hydroxyl groups is 2. The lowest BCUT2D eigenvalue weighted by Gasteiger charge is -2.23. The summed E-state index contributed by atoms with van der Waals surface area (Å²) in [7, 11) is 1.50. The summed E-state index contributed by atoms with van der Waals surface area (Å²) in [4.78, 5) is 10.9. The van der Waals surface area contributed by atoms with Crippen LogP contribution in [-0.2, 0) is 9.53 Å². The Balaban J connectivity index is 2.70. The van der Waals surface area contributed by atoms with E-state index in [0.29, 0.717) is 24.2 Å². The SMILES string of the molecule is CO[C@@H](CC/C=C/C(=O)NO)[C@@H](O)c1ccccc1OCCO. The van der Waals surface area contributed by atoms with Crippen LogP contribution < -0.4 is 10.2 Å². The van der Waals surface area contributed by atoms with Gasteiger partial charge in [0.25, 0.3) is 5.91 Å². The van der Waals surface area contributed by atoms with E-state index in [1.165, 1.54) is 18.7 Å². The molecule has 0 unspecified atom stereocenters. The van der Waals surface area contributed by atoms with Crippen LogP contribution in [0.25, 0.3) is 0 Å². The van der Waals surface area contributed by atoms with E-state index in [0.717, 1.165) is 0 Å². The lowest BCUT2D eigenvalue weighted by atomic mass is 9.99. The number of carbonyl (C=O) groups is 1. The van der Waals surface area contributed by atoms with Gasteiger partial charge in [-0.3, -0.25) is 10.0 Å². The molecule has 1 aromatic carbocycles. The fraction of sp³-hybridized carbons (Fsp3) is 0.438. The molecule has 7 nitrogen and oxygen atoms in total. The molecular weight excluding hydrogens is 302 g/mol. The summed E-state index contributed by atoms with van der Waals surface area (Å²) < 4.78 is 10.7. The van der Waals surface area contributed by atoms with Crippen LogP contribution in [0.4, 0.5) is 0 Å². The minimum atomic E-state index is -0.907. The number of benzene rings is 1. The molecule has 1 amide bonds. The smallest absolute Gasteiger partial charge is 0.267 e. The van der Waals surface area contributed by atoms with Gasteiger partial charge in [-0.25, -0.2) is 5.48 Å². The van der Waals surface area contributed by atoms with Gasteiger partial charge in [-0.1, -0.05) is 24.3 Å². The van der Waals surface area contributed by atoms with Crippen LogP contribution in [-0.4, -0.2) is 47.8 Å². The Labute approximate surface area is 135 Å². The van der Waals surface area contributed by atoms with E-state index >= 15 is 0 Å². The van der Waals surface area contributed by atoms with Gasteiger partial charge in [-0.15, -0.1) is 0 Å². The van der Waals surface area contributed by atoms with Crippen molar-refractivity contribution in [3.05, 3.63) is 42.0 Å². The summed E-state index contributed by atoms with van der Waals surface area (Å²) in [5.74, 6) is -0.117. The maximum absolute atomic E-state index is 10.9. The molecule has 1 rings (SSSR count). The largest absolute Gasteiger partial charge is 0.491 e. The Morgan fingerprint density at radius 2 is 2.13 bits per heavy atom. The predicted octanol–water partition coefficient (Wildman–Crippen LogP) is 0.948. The number of hydrogen-bond acceptors (Lipinski definition) is 6. The fourth-order valence-electron chi connectivity index (χ4n) is 2.10. The number of ether oxygens (including phenoxy) is 2. The van der Waals surface area contributed by atoms with Crippen LogP contribution >= 0.6 is 0 Å². The average Bonchev–Trinajstić information content (AvgIpc) is 2.59. The molecule has 0 aromatic heterocycles. The zero-order valence-corrected chi connectivity index (χ0v) is 13.0. The highest BCUT2D eigenvalue weighted by molar-refractivity contribution is 5.86. The Kier molecular flexibility index (Phi) is 8.93. The number of allylic oxidation sites excluding steroid dienone is 1. The molecule has 2 atom stereocenters. The number of amides is 1. The number of nitrogens with one attached hydrogen (secondary N) is 1. The highest BCUT2D eigenvalue weighted by Crippen LogP contribution is 2.30. The lowest BCUT2D eigenvalue weighted by Crippen LogP contribution is -2.21. The van der Waals surface area contributed by atoms with Crippen molar-refractivity contribution in [3.63, 3.8) is 0 Å². The molecule has 1 aromatic rings. The third kappa shape index (κ3) is 6.37. The Hall–Kier alpha value is -1.93. The van der Waals surface area contributed by atoms with Gasteiger partial charge in [0.2, 0.25) is 0 Å². The standard InChI is InChI=1S/C16H23NO6/c1-22-14(8-4-5-9-15(19)17-21)16(20)12-6-2-3-7-13(12)23-11-10-18/h2-3,5-7,9,14,16,18,20-21H,4,8,10-11H2,1H3,(H,17,19)/b9-5+/t14-,16-/m0/s1. The first kappa shape index (κ1) is 19.1. The van der Waals surface area contributed by atoms with Crippen molar-refractivity contribution in [1.82, 2.24) is 5.48 Å². The van der Waals surface area contributed by atoms with Crippen molar-refractivity contribution in [1.29, 1.82) is 0 Å². The summed E-state index contributed by atoms with van der Waals surface area (Å²) >= 11 is 0. The van der Waals surface area contributed by atoms with E-state index in [2.05, 4.69) is 0 Å². The molecule has 4 N–H and O–H groups in total. The first-order valence-corrected chi connectivity index (χ1v) is 7.28. The van der Waals surface area contributed by atoms with Crippen LogP contribution in [0, 0.1) is 0 Å². The van der Waals surface area contributed by atoms with Crippen LogP contribution in [0.1, 0.15) is 24.5 Å². The van der Waals surface area contributed by atoms with Gasteiger partial charge in [0.15, 0.2) is 0 Å². The molecule has 0 heterocycles. The van der Waals surface area contributed by atoms with Crippen molar-refractivity contribution >= 4 is 5.91 Å². The second kappa shape index (κ2) is 10.7. The van der Waals surface area contributed by atoms with Crippen LogP contribution in [0.2, 0.25) is 0 Å². The van der Waals surface area contributed by atoms with Crippen LogP contribution in [0.15, 0.2) is 36.4 Å². The molecule has 0 aliphatic rings. The summed E-state index contributed by atoms with van der Waals surface area (Å²) in [6.07, 6.45) is 2.35. The van der Waals surface area contributed by atoms with Crippen LogP contribution in [0.5, 0.6) is 5.75 Å². The van der Waals surface area contributed by atoms with Gasteiger partial charge >= 0.3 is 0 Å². The fourth-order valence-corrected chi connectivity index (χ4v) is 2.10. The second-order valence-electron chi connectivity index (χ2n) is 4.78. The lowest BCUT2D eigenvalue weighted by molar-refractivity contribution is -0.124. The molecule has 0 aliphatic carbocycles. The Bertz CT molecular complexity index is 505. The highest BCUT2D eigenvalue weighted by Gasteiger charge is 2.23. The quantitative estimate of drug-likeness (QED) is 0.290. The second-order valence-corrected chi connectivity index (χ2v) is 4.78. The number of hydroxylamine groups is 1. The predicted molar refractivity (Wildman–Crippen MR) is 83.1 cm³/mol. The summed E-state index contributed by atoms with van der Waals surface area (Å²) in [6, 6.07) is 7.01. The minimum Gasteiger partial charge on any atom is -0.491 e.